The molecule has 0 aromatic heterocycles. The molecule has 6 heteroatoms. The van der Waals surface area contributed by atoms with Crippen molar-refractivity contribution in [3.63, 3.8) is 0 Å². The van der Waals surface area contributed by atoms with Gasteiger partial charge in [-0.3, -0.25) is 4.79 Å². The molecule has 1 aromatic carbocycles. The van der Waals surface area contributed by atoms with E-state index >= 15 is 0 Å². The Labute approximate surface area is 138 Å². The number of carbonyl (C=O) groups is 1. The standard InChI is InChI=1S/C17H24N2O3S/c20-17(14-7-4-5-8-14)19-12-6-9-15(13-19)18-23(21,22)16-10-2-1-3-11-16/h1-3,10-11,14-15,18H,4-9,12-13H2. The number of amides is 1. The average Bonchev–Trinajstić information content (AvgIpc) is 3.09. The van der Waals surface area contributed by atoms with E-state index in [-0.39, 0.29) is 22.8 Å². The van der Waals surface area contributed by atoms with Gasteiger partial charge in [-0.25, -0.2) is 13.1 Å². The van der Waals surface area contributed by atoms with Crippen LogP contribution in [-0.2, 0) is 14.8 Å². The second kappa shape index (κ2) is 7.01. The number of nitrogens with zero attached hydrogens (tertiary/aromatic N) is 1. The smallest absolute Gasteiger partial charge is 0.240 e. The topological polar surface area (TPSA) is 66.5 Å². The Morgan fingerprint density at radius 2 is 1.74 bits per heavy atom. The molecule has 2 fully saturated rings. The van der Waals surface area contributed by atoms with Crippen LogP contribution in [0.25, 0.3) is 0 Å². The molecule has 3 rings (SSSR count). The molecular weight excluding hydrogens is 312 g/mol. The van der Waals surface area contributed by atoms with Gasteiger partial charge in [-0.05, 0) is 37.8 Å². The summed E-state index contributed by atoms with van der Waals surface area (Å²) in [7, 11) is -3.52. The molecule has 0 spiro atoms. The number of piperidine rings is 1. The third-order valence-corrected chi connectivity index (χ3v) is 6.35. The highest BCUT2D eigenvalue weighted by Gasteiger charge is 2.32. The summed E-state index contributed by atoms with van der Waals surface area (Å²) in [6.45, 7) is 1.24. The van der Waals surface area contributed by atoms with Gasteiger partial charge in [0.05, 0.1) is 4.90 Å². The molecule has 1 unspecified atom stereocenters. The molecule has 0 radical (unpaired) electrons. The highest BCUT2D eigenvalue weighted by Crippen LogP contribution is 2.27. The minimum atomic E-state index is -3.52. The van der Waals surface area contributed by atoms with Gasteiger partial charge in [0.2, 0.25) is 15.9 Å². The minimum absolute atomic E-state index is 0.152. The van der Waals surface area contributed by atoms with Crippen LogP contribution in [0.4, 0.5) is 0 Å². The summed E-state index contributed by atoms with van der Waals surface area (Å²) in [5.41, 5.74) is 0. The van der Waals surface area contributed by atoms with E-state index in [1.54, 1.807) is 30.3 Å². The van der Waals surface area contributed by atoms with Crippen molar-refractivity contribution < 1.29 is 13.2 Å². The van der Waals surface area contributed by atoms with E-state index in [1.807, 2.05) is 4.90 Å². The third-order valence-electron chi connectivity index (χ3n) is 4.81. The molecule has 1 N–H and O–H groups in total. The molecule has 1 amide bonds. The molecule has 1 saturated carbocycles. The molecule has 1 heterocycles. The first-order chi connectivity index (χ1) is 11.1. The van der Waals surface area contributed by atoms with Crippen molar-refractivity contribution in [3.05, 3.63) is 30.3 Å². The maximum Gasteiger partial charge on any atom is 0.240 e. The second-order valence-corrected chi connectivity index (χ2v) is 8.25. The molecule has 1 saturated heterocycles. The summed E-state index contributed by atoms with van der Waals surface area (Å²) in [6, 6.07) is 8.21. The fourth-order valence-electron chi connectivity index (χ4n) is 3.59. The van der Waals surface area contributed by atoms with E-state index in [0.717, 1.165) is 45.1 Å². The number of benzene rings is 1. The van der Waals surface area contributed by atoms with Crippen molar-refractivity contribution in [2.45, 2.75) is 49.5 Å². The predicted octanol–water partition coefficient (Wildman–Crippen LogP) is 2.15. The number of nitrogens with one attached hydrogen (secondary N) is 1. The summed E-state index contributed by atoms with van der Waals surface area (Å²) in [4.78, 5) is 14.7. The maximum atomic E-state index is 12.5. The number of sulfonamides is 1. The zero-order valence-corrected chi connectivity index (χ0v) is 14.1. The maximum absolute atomic E-state index is 12.5. The third kappa shape index (κ3) is 3.93. The Bertz CT molecular complexity index is 639. The molecule has 1 aliphatic carbocycles. The van der Waals surface area contributed by atoms with Crippen molar-refractivity contribution in [1.29, 1.82) is 0 Å². The zero-order valence-electron chi connectivity index (χ0n) is 13.3. The summed E-state index contributed by atoms with van der Waals surface area (Å²) >= 11 is 0. The van der Waals surface area contributed by atoms with Crippen LogP contribution in [0.1, 0.15) is 38.5 Å². The summed E-state index contributed by atoms with van der Waals surface area (Å²) < 4.78 is 27.6. The summed E-state index contributed by atoms with van der Waals surface area (Å²) in [6.07, 6.45) is 5.86. The molecular formula is C17H24N2O3S. The normalized spacial score (nSPS) is 23.1. The minimum Gasteiger partial charge on any atom is -0.341 e. The van der Waals surface area contributed by atoms with Gasteiger partial charge in [0.1, 0.15) is 0 Å². The number of hydrogen-bond acceptors (Lipinski definition) is 3. The molecule has 1 atom stereocenters. The molecule has 0 bridgehead atoms. The average molecular weight is 336 g/mol. The first kappa shape index (κ1) is 16.5. The Kier molecular flexibility index (Phi) is 5.02. The number of rotatable bonds is 4. The molecule has 2 aliphatic rings. The fraction of sp³-hybridized carbons (Fsp3) is 0.588. The highest BCUT2D eigenvalue weighted by molar-refractivity contribution is 7.89. The van der Waals surface area contributed by atoms with Gasteiger partial charge in [0, 0.05) is 25.0 Å². The summed E-state index contributed by atoms with van der Waals surface area (Å²) in [5, 5.41) is 0. The van der Waals surface area contributed by atoms with Gasteiger partial charge in [0.25, 0.3) is 0 Å². The molecule has 5 nitrogen and oxygen atoms in total. The van der Waals surface area contributed by atoms with Crippen LogP contribution < -0.4 is 4.72 Å². The van der Waals surface area contributed by atoms with E-state index in [2.05, 4.69) is 4.72 Å². The van der Waals surface area contributed by atoms with Crippen LogP contribution in [0.2, 0.25) is 0 Å². The van der Waals surface area contributed by atoms with E-state index in [1.165, 1.54) is 0 Å². The Morgan fingerprint density at radius 1 is 1.04 bits per heavy atom. The lowest BCUT2D eigenvalue weighted by atomic mass is 10.0. The van der Waals surface area contributed by atoms with Crippen molar-refractivity contribution in [2.24, 2.45) is 5.92 Å². The van der Waals surface area contributed by atoms with Gasteiger partial charge < -0.3 is 4.90 Å². The molecule has 126 valence electrons. The van der Waals surface area contributed by atoms with Crippen LogP contribution in [-0.4, -0.2) is 38.4 Å². The first-order valence-corrected chi connectivity index (χ1v) is 9.91. The zero-order chi connectivity index (χ0) is 16.3. The van der Waals surface area contributed by atoms with Gasteiger partial charge in [0.15, 0.2) is 0 Å². The van der Waals surface area contributed by atoms with Gasteiger partial charge in [-0.15, -0.1) is 0 Å². The van der Waals surface area contributed by atoms with Crippen LogP contribution >= 0.6 is 0 Å². The van der Waals surface area contributed by atoms with Crippen LogP contribution in [0.5, 0.6) is 0 Å². The van der Waals surface area contributed by atoms with E-state index in [9.17, 15) is 13.2 Å². The van der Waals surface area contributed by atoms with Gasteiger partial charge in [-0.2, -0.15) is 0 Å². The van der Waals surface area contributed by atoms with E-state index in [0.29, 0.717) is 6.54 Å². The van der Waals surface area contributed by atoms with Crippen LogP contribution in [0.3, 0.4) is 0 Å². The molecule has 1 aromatic rings. The van der Waals surface area contributed by atoms with E-state index in [4.69, 9.17) is 0 Å². The molecule has 1 aliphatic heterocycles. The number of likely N-dealkylation sites (tertiary alicyclic amines) is 1. The number of carbonyl (C=O) groups excluding carboxylic acids is 1. The molecule has 23 heavy (non-hydrogen) atoms. The quantitative estimate of drug-likeness (QED) is 0.916. The lowest BCUT2D eigenvalue weighted by Crippen LogP contribution is -2.50. The van der Waals surface area contributed by atoms with Crippen molar-refractivity contribution >= 4 is 15.9 Å². The van der Waals surface area contributed by atoms with Crippen LogP contribution in [0.15, 0.2) is 35.2 Å². The van der Waals surface area contributed by atoms with E-state index < -0.39 is 10.0 Å². The predicted molar refractivity (Wildman–Crippen MR) is 88.3 cm³/mol. The van der Waals surface area contributed by atoms with Crippen molar-refractivity contribution in [1.82, 2.24) is 9.62 Å². The first-order valence-electron chi connectivity index (χ1n) is 8.42. The van der Waals surface area contributed by atoms with Gasteiger partial charge in [-0.1, -0.05) is 31.0 Å². The number of hydrogen-bond donors (Lipinski definition) is 1. The SMILES string of the molecule is O=C(C1CCCC1)N1CCCC(NS(=O)(=O)c2ccccc2)C1. The summed E-state index contributed by atoms with van der Waals surface area (Å²) in [5.74, 6) is 0.366. The largest absolute Gasteiger partial charge is 0.341 e. The van der Waals surface area contributed by atoms with Gasteiger partial charge >= 0.3 is 0 Å². The Balaban J connectivity index is 1.63. The second-order valence-electron chi connectivity index (χ2n) is 6.54. The van der Waals surface area contributed by atoms with Crippen molar-refractivity contribution in [2.75, 3.05) is 13.1 Å². The lowest BCUT2D eigenvalue weighted by Gasteiger charge is -2.34. The highest BCUT2D eigenvalue weighted by atomic mass is 32.2. The van der Waals surface area contributed by atoms with Crippen molar-refractivity contribution in [3.8, 4) is 0 Å². The fourth-order valence-corrected chi connectivity index (χ4v) is 4.87. The van der Waals surface area contributed by atoms with Crippen LogP contribution in [0, 0.1) is 5.92 Å². The lowest BCUT2D eigenvalue weighted by molar-refractivity contribution is -0.136. The monoisotopic (exact) mass is 336 g/mol. The Morgan fingerprint density at radius 3 is 2.43 bits per heavy atom. The Hall–Kier alpha value is -1.40.